The zero-order valence-corrected chi connectivity index (χ0v) is 11.9. The molecule has 1 rings (SSSR count). The Morgan fingerprint density at radius 1 is 1.22 bits per heavy atom. The zero-order chi connectivity index (χ0) is 13.6. The van der Waals surface area contributed by atoms with Crippen LogP contribution in [0.4, 0.5) is 5.82 Å². The molecule has 0 aromatic carbocycles. The van der Waals surface area contributed by atoms with Crippen LogP contribution in [0.25, 0.3) is 0 Å². The van der Waals surface area contributed by atoms with E-state index in [1.54, 1.807) is 0 Å². The van der Waals surface area contributed by atoms with Gasteiger partial charge >= 0.3 is 0 Å². The van der Waals surface area contributed by atoms with E-state index in [-0.39, 0.29) is 5.60 Å². The molecule has 0 saturated heterocycles. The standard InChI is InChI=1S/C13H23N3O2/c1-6-17-12-10(3)11(15-9-16-12)14-8-13(4,5)18-7-2/h9H,6-8H2,1-5H3,(H,14,15,16). The lowest BCUT2D eigenvalue weighted by molar-refractivity contribution is 0.000628. The van der Waals surface area contributed by atoms with E-state index in [4.69, 9.17) is 9.47 Å². The highest BCUT2D eigenvalue weighted by atomic mass is 16.5. The maximum atomic E-state index is 5.63. The van der Waals surface area contributed by atoms with Crippen LogP contribution in [-0.4, -0.2) is 35.3 Å². The maximum absolute atomic E-state index is 5.63. The molecule has 0 atom stereocenters. The predicted octanol–water partition coefficient (Wildman–Crippen LogP) is 2.41. The van der Waals surface area contributed by atoms with E-state index < -0.39 is 0 Å². The van der Waals surface area contributed by atoms with Crippen LogP contribution in [0.1, 0.15) is 33.3 Å². The molecule has 0 radical (unpaired) electrons. The highest BCUT2D eigenvalue weighted by Crippen LogP contribution is 2.21. The van der Waals surface area contributed by atoms with Crippen molar-refractivity contribution in [3.8, 4) is 5.88 Å². The van der Waals surface area contributed by atoms with Crippen molar-refractivity contribution < 1.29 is 9.47 Å². The van der Waals surface area contributed by atoms with Gasteiger partial charge in [-0.2, -0.15) is 0 Å². The average Bonchev–Trinajstić information content (AvgIpc) is 2.30. The molecule has 0 spiro atoms. The number of nitrogens with one attached hydrogen (secondary N) is 1. The summed E-state index contributed by atoms with van der Waals surface area (Å²) in [5, 5.41) is 3.28. The van der Waals surface area contributed by atoms with Gasteiger partial charge in [-0.05, 0) is 34.6 Å². The first-order chi connectivity index (χ1) is 8.50. The number of hydrogen-bond acceptors (Lipinski definition) is 5. The molecule has 0 amide bonds. The van der Waals surface area contributed by atoms with Gasteiger partial charge in [0, 0.05) is 13.2 Å². The second kappa shape index (κ2) is 6.54. The number of ether oxygens (including phenoxy) is 2. The molecule has 0 unspecified atom stereocenters. The molecule has 5 heteroatoms. The van der Waals surface area contributed by atoms with E-state index in [1.807, 2.05) is 34.6 Å². The Morgan fingerprint density at radius 3 is 2.56 bits per heavy atom. The third-order valence-corrected chi connectivity index (χ3v) is 2.54. The van der Waals surface area contributed by atoms with Gasteiger partial charge in [0.05, 0.1) is 17.8 Å². The van der Waals surface area contributed by atoms with Crippen LogP contribution < -0.4 is 10.1 Å². The summed E-state index contributed by atoms with van der Waals surface area (Å²) in [6.07, 6.45) is 1.51. The van der Waals surface area contributed by atoms with Crippen molar-refractivity contribution in [2.75, 3.05) is 25.1 Å². The first kappa shape index (κ1) is 14.7. The summed E-state index contributed by atoms with van der Waals surface area (Å²) in [5.74, 6) is 1.42. The lowest BCUT2D eigenvalue weighted by Crippen LogP contribution is -2.33. The van der Waals surface area contributed by atoms with Gasteiger partial charge in [-0.3, -0.25) is 0 Å². The van der Waals surface area contributed by atoms with Crippen LogP contribution in [0, 0.1) is 6.92 Å². The van der Waals surface area contributed by atoms with Crippen LogP contribution in [0.3, 0.4) is 0 Å². The highest BCUT2D eigenvalue weighted by molar-refractivity contribution is 5.47. The molecule has 1 N–H and O–H groups in total. The van der Waals surface area contributed by atoms with Gasteiger partial charge in [-0.1, -0.05) is 0 Å². The molecule has 1 heterocycles. The Kier molecular flexibility index (Phi) is 5.34. The first-order valence-electron chi connectivity index (χ1n) is 6.32. The first-order valence-corrected chi connectivity index (χ1v) is 6.32. The third-order valence-electron chi connectivity index (χ3n) is 2.54. The van der Waals surface area contributed by atoms with Gasteiger partial charge in [-0.15, -0.1) is 0 Å². The summed E-state index contributed by atoms with van der Waals surface area (Å²) in [6.45, 7) is 11.9. The summed E-state index contributed by atoms with van der Waals surface area (Å²) in [7, 11) is 0. The van der Waals surface area contributed by atoms with Crippen LogP contribution >= 0.6 is 0 Å². The van der Waals surface area contributed by atoms with E-state index in [0.717, 1.165) is 11.4 Å². The van der Waals surface area contributed by atoms with Crippen LogP contribution in [0.2, 0.25) is 0 Å². The van der Waals surface area contributed by atoms with Crippen molar-refractivity contribution in [1.29, 1.82) is 0 Å². The summed E-state index contributed by atoms with van der Waals surface area (Å²) in [5.41, 5.74) is 0.699. The molecule has 1 aromatic heterocycles. The minimum Gasteiger partial charge on any atom is -0.478 e. The monoisotopic (exact) mass is 253 g/mol. The van der Waals surface area contributed by atoms with Crippen molar-refractivity contribution in [1.82, 2.24) is 9.97 Å². The van der Waals surface area contributed by atoms with Gasteiger partial charge in [0.1, 0.15) is 12.1 Å². The molecule has 102 valence electrons. The number of rotatable bonds is 7. The fourth-order valence-electron chi connectivity index (χ4n) is 1.63. The number of aromatic nitrogens is 2. The molecule has 0 fully saturated rings. The van der Waals surface area contributed by atoms with E-state index in [1.165, 1.54) is 6.33 Å². The summed E-state index contributed by atoms with van der Waals surface area (Å²) >= 11 is 0. The SMILES string of the molecule is CCOc1ncnc(NCC(C)(C)OCC)c1C. The Bertz CT molecular complexity index is 380. The smallest absolute Gasteiger partial charge is 0.221 e. The van der Waals surface area contributed by atoms with E-state index in [9.17, 15) is 0 Å². The summed E-state index contributed by atoms with van der Waals surface area (Å²) in [6, 6.07) is 0. The Hall–Kier alpha value is -1.36. The Balaban J connectivity index is 2.70. The molecular weight excluding hydrogens is 230 g/mol. The second-order valence-corrected chi connectivity index (χ2v) is 4.63. The van der Waals surface area contributed by atoms with E-state index >= 15 is 0 Å². The lowest BCUT2D eigenvalue weighted by atomic mass is 10.1. The quantitative estimate of drug-likeness (QED) is 0.808. The second-order valence-electron chi connectivity index (χ2n) is 4.63. The molecule has 0 saturated carbocycles. The van der Waals surface area contributed by atoms with Gasteiger partial charge in [0.2, 0.25) is 5.88 Å². The number of anilines is 1. The minimum absolute atomic E-state index is 0.224. The van der Waals surface area contributed by atoms with Crippen molar-refractivity contribution in [3.63, 3.8) is 0 Å². The van der Waals surface area contributed by atoms with E-state index in [2.05, 4.69) is 15.3 Å². The Labute approximate surface area is 109 Å². The van der Waals surface area contributed by atoms with Crippen LogP contribution in [-0.2, 0) is 4.74 Å². The molecule has 5 nitrogen and oxygen atoms in total. The maximum Gasteiger partial charge on any atom is 0.221 e. The number of nitrogens with zero attached hydrogens (tertiary/aromatic N) is 2. The van der Waals surface area contributed by atoms with Crippen LogP contribution in [0.15, 0.2) is 6.33 Å². The fraction of sp³-hybridized carbons (Fsp3) is 0.692. The Morgan fingerprint density at radius 2 is 1.94 bits per heavy atom. The van der Waals surface area contributed by atoms with Crippen molar-refractivity contribution >= 4 is 5.82 Å². The van der Waals surface area contributed by atoms with Crippen molar-refractivity contribution in [3.05, 3.63) is 11.9 Å². The lowest BCUT2D eigenvalue weighted by Gasteiger charge is -2.25. The predicted molar refractivity (Wildman–Crippen MR) is 72.1 cm³/mol. The molecule has 18 heavy (non-hydrogen) atoms. The zero-order valence-electron chi connectivity index (χ0n) is 11.9. The average molecular weight is 253 g/mol. The van der Waals surface area contributed by atoms with E-state index in [0.29, 0.717) is 25.6 Å². The molecule has 0 aliphatic carbocycles. The number of hydrogen-bond donors (Lipinski definition) is 1. The van der Waals surface area contributed by atoms with Gasteiger partial charge in [0.15, 0.2) is 0 Å². The minimum atomic E-state index is -0.224. The molecule has 0 bridgehead atoms. The largest absolute Gasteiger partial charge is 0.478 e. The normalized spacial score (nSPS) is 11.4. The summed E-state index contributed by atoms with van der Waals surface area (Å²) in [4.78, 5) is 8.33. The van der Waals surface area contributed by atoms with Gasteiger partial charge in [-0.25, -0.2) is 9.97 Å². The molecule has 0 aliphatic rings. The molecule has 0 aliphatic heterocycles. The van der Waals surface area contributed by atoms with Gasteiger partial charge in [0.25, 0.3) is 0 Å². The van der Waals surface area contributed by atoms with Gasteiger partial charge < -0.3 is 14.8 Å². The van der Waals surface area contributed by atoms with Crippen molar-refractivity contribution in [2.24, 2.45) is 0 Å². The molecular formula is C13H23N3O2. The van der Waals surface area contributed by atoms with Crippen LogP contribution in [0.5, 0.6) is 5.88 Å². The highest BCUT2D eigenvalue weighted by Gasteiger charge is 2.18. The fourth-order valence-corrected chi connectivity index (χ4v) is 1.63. The third kappa shape index (κ3) is 4.14. The topological polar surface area (TPSA) is 56.3 Å². The van der Waals surface area contributed by atoms with Crippen molar-refractivity contribution in [2.45, 2.75) is 40.2 Å². The molecule has 1 aromatic rings. The summed E-state index contributed by atoms with van der Waals surface area (Å²) < 4.78 is 11.1.